The molecule has 0 saturated heterocycles. The Morgan fingerprint density at radius 1 is 0.903 bits per heavy atom. The van der Waals surface area contributed by atoms with E-state index in [2.05, 4.69) is 5.32 Å². The van der Waals surface area contributed by atoms with Gasteiger partial charge in [-0.2, -0.15) is 0 Å². The molecule has 0 heterocycles. The van der Waals surface area contributed by atoms with Crippen LogP contribution in [0.4, 0.5) is 0 Å². The Bertz CT molecular complexity index is 1190. The number of hydrogen-bond donors (Lipinski definition) is 4. The van der Waals surface area contributed by atoms with Crippen LogP contribution in [0, 0.1) is 5.41 Å². The third kappa shape index (κ3) is 6.24. The maximum atomic E-state index is 12.2. The summed E-state index contributed by atoms with van der Waals surface area (Å²) < 4.78 is 22.8. The van der Waals surface area contributed by atoms with Crippen molar-refractivity contribution < 1.29 is 13.2 Å². The SMILES string of the molecule is N=C(N)c1ccc(CNC(=O)CCc2cccc(-c3ccc(S(N)(=O)=O)cc3)c2)cc1. The third-order valence-electron chi connectivity index (χ3n) is 4.84. The lowest BCUT2D eigenvalue weighted by Crippen LogP contribution is -2.23. The average molecular weight is 437 g/mol. The number of nitrogen functional groups attached to an aromatic ring is 1. The highest BCUT2D eigenvalue weighted by molar-refractivity contribution is 7.89. The first-order valence-electron chi connectivity index (χ1n) is 9.64. The molecule has 3 aromatic carbocycles. The Hall–Kier alpha value is -3.49. The van der Waals surface area contributed by atoms with Crippen molar-refractivity contribution in [3.8, 4) is 11.1 Å². The molecule has 31 heavy (non-hydrogen) atoms. The summed E-state index contributed by atoms with van der Waals surface area (Å²) in [5, 5.41) is 15.4. The third-order valence-corrected chi connectivity index (χ3v) is 5.77. The van der Waals surface area contributed by atoms with Crippen LogP contribution in [0.3, 0.4) is 0 Å². The van der Waals surface area contributed by atoms with Crippen LogP contribution in [0.5, 0.6) is 0 Å². The fourth-order valence-electron chi connectivity index (χ4n) is 3.09. The van der Waals surface area contributed by atoms with E-state index in [1.165, 1.54) is 12.1 Å². The Labute approximate surface area is 181 Å². The number of nitrogens with one attached hydrogen (secondary N) is 2. The van der Waals surface area contributed by atoms with Gasteiger partial charge in [0.15, 0.2) is 0 Å². The number of amides is 1. The second-order valence-corrected chi connectivity index (χ2v) is 8.72. The zero-order chi connectivity index (χ0) is 22.4. The van der Waals surface area contributed by atoms with Crippen molar-refractivity contribution in [2.24, 2.45) is 10.9 Å². The van der Waals surface area contributed by atoms with Gasteiger partial charge >= 0.3 is 0 Å². The number of aryl methyl sites for hydroxylation is 1. The summed E-state index contributed by atoms with van der Waals surface area (Å²) >= 11 is 0. The van der Waals surface area contributed by atoms with Crippen LogP contribution in [-0.4, -0.2) is 20.2 Å². The molecule has 0 aliphatic heterocycles. The first kappa shape index (κ1) is 22.2. The van der Waals surface area contributed by atoms with Gasteiger partial charge < -0.3 is 11.1 Å². The number of carbonyl (C=O) groups excluding carboxylic acids is 1. The number of hydrogen-bond acceptors (Lipinski definition) is 4. The van der Waals surface area contributed by atoms with Crippen molar-refractivity contribution in [1.29, 1.82) is 5.41 Å². The second kappa shape index (κ2) is 9.55. The van der Waals surface area contributed by atoms with E-state index < -0.39 is 10.0 Å². The number of benzene rings is 3. The molecule has 0 bridgehead atoms. The Kier molecular flexibility index (Phi) is 6.84. The molecule has 0 radical (unpaired) electrons. The molecule has 0 saturated carbocycles. The highest BCUT2D eigenvalue weighted by Crippen LogP contribution is 2.22. The largest absolute Gasteiger partial charge is 0.384 e. The molecule has 0 aliphatic carbocycles. The molecule has 3 aromatic rings. The Morgan fingerprint density at radius 2 is 1.58 bits per heavy atom. The molecule has 0 aromatic heterocycles. The van der Waals surface area contributed by atoms with Crippen LogP contribution in [0.15, 0.2) is 77.7 Å². The van der Waals surface area contributed by atoms with E-state index in [0.717, 1.165) is 22.3 Å². The summed E-state index contributed by atoms with van der Waals surface area (Å²) in [6.45, 7) is 0.410. The van der Waals surface area contributed by atoms with Crippen molar-refractivity contribution in [2.45, 2.75) is 24.3 Å². The molecular formula is C23H24N4O3S. The van der Waals surface area contributed by atoms with E-state index in [1.54, 1.807) is 24.3 Å². The van der Waals surface area contributed by atoms with Crippen molar-refractivity contribution in [1.82, 2.24) is 5.32 Å². The molecule has 6 N–H and O–H groups in total. The predicted octanol–water partition coefficient (Wildman–Crippen LogP) is 2.53. The first-order chi connectivity index (χ1) is 14.7. The van der Waals surface area contributed by atoms with Gasteiger partial charge in [0.25, 0.3) is 0 Å². The number of primary sulfonamides is 1. The van der Waals surface area contributed by atoms with Gasteiger partial charge in [-0.3, -0.25) is 10.2 Å². The molecule has 3 rings (SSSR count). The van der Waals surface area contributed by atoms with E-state index in [0.29, 0.717) is 24.9 Å². The maximum absolute atomic E-state index is 12.2. The van der Waals surface area contributed by atoms with Gasteiger partial charge in [0.2, 0.25) is 15.9 Å². The molecule has 8 heteroatoms. The Balaban J connectivity index is 1.56. The van der Waals surface area contributed by atoms with E-state index in [4.69, 9.17) is 16.3 Å². The van der Waals surface area contributed by atoms with E-state index in [9.17, 15) is 13.2 Å². The molecule has 160 valence electrons. The number of amidine groups is 1. The minimum absolute atomic E-state index is 0.0122. The lowest BCUT2D eigenvalue weighted by Gasteiger charge is -2.08. The maximum Gasteiger partial charge on any atom is 0.238 e. The lowest BCUT2D eigenvalue weighted by atomic mass is 10.0. The van der Waals surface area contributed by atoms with E-state index >= 15 is 0 Å². The molecule has 0 atom stereocenters. The summed E-state index contributed by atoms with van der Waals surface area (Å²) in [5.41, 5.74) is 9.83. The lowest BCUT2D eigenvalue weighted by molar-refractivity contribution is -0.121. The molecule has 1 amide bonds. The fourth-order valence-corrected chi connectivity index (χ4v) is 3.61. The van der Waals surface area contributed by atoms with Gasteiger partial charge in [-0.1, -0.05) is 60.7 Å². The molecule has 0 spiro atoms. The van der Waals surface area contributed by atoms with Gasteiger partial charge in [0, 0.05) is 18.5 Å². The summed E-state index contributed by atoms with van der Waals surface area (Å²) in [6.07, 6.45) is 0.928. The number of sulfonamides is 1. The second-order valence-electron chi connectivity index (χ2n) is 7.16. The smallest absolute Gasteiger partial charge is 0.238 e. The van der Waals surface area contributed by atoms with Crippen LogP contribution in [-0.2, 0) is 27.8 Å². The standard InChI is InChI=1S/C23H24N4O3S/c24-23(25)19-7-4-17(5-8-19)15-27-22(28)13-6-16-2-1-3-20(14-16)18-9-11-21(12-10-18)31(26,29)30/h1-5,7-12,14H,6,13,15H2,(H3,24,25)(H,27,28)(H2,26,29,30). The van der Waals surface area contributed by atoms with Crippen LogP contribution in [0.1, 0.15) is 23.1 Å². The zero-order valence-electron chi connectivity index (χ0n) is 16.8. The van der Waals surface area contributed by atoms with Gasteiger partial charge in [0.05, 0.1) is 4.90 Å². The quantitative estimate of drug-likeness (QED) is 0.318. The minimum atomic E-state index is -3.72. The average Bonchev–Trinajstić information content (AvgIpc) is 2.76. The Morgan fingerprint density at radius 3 is 2.19 bits per heavy atom. The fraction of sp³-hybridized carbons (Fsp3) is 0.130. The summed E-state index contributed by atoms with van der Waals surface area (Å²) in [5.74, 6) is -0.0447. The van der Waals surface area contributed by atoms with Gasteiger partial charge in [-0.05, 0) is 40.8 Å². The number of nitrogens with two attached hydrogens (primary N) is 2. The first-order valence-corrected chi connectivity index (χ1v) is 11.2. The predicted molar refractivity (Wildman–Crippen MR) is 121 cm³/mol. The highest BCUT2D eigenvalue weighted by Gasteiger charge is 2.08. The van der Waals surface area contributed by atoms with E-state index in [1.807, 2.05) is 36.4 Å². The molecule has 0 aliphatic rings. The van der Waals surface area contributed by atoms with Crippen molar-refractivity contribution in [2.75, 3.05) is 0 Å². The van der Waals surface area contributed by atoms with Gasteiger partial charge in [-0.15, -0.1) is 0 Å². The van der Waals surface area contributed by atoms with Gasteiger partial charge in [-0.25, -0.2) is 13.6 Å². The van der Waals surface area contributed by atoms with Crippen molar-refractivity contribution in [3.05, 3.63) is 89.5 Å². The normalized spacial score (nSPS) is 11.1. The van der Waals surface area contributed by atoms with Crippen LogP contribution >= 0.6 is 0 Å². The van der Waals surface area contributed by atoms with Crippen molar-refractivity contribution >= 4 is 21.8 Å². The molecular weight excluding hydrogens is 412 g/mol. The molecule has 0 unspecified atom stereocenters. The van der Waals surface area contributed by atoms with Crippen LogP contribution < -0.4 is 16.2 Å². The van der Waals surface area contributed by atoms with Crippen LogP contribution in [0.25, 0.3) is 11.1 Å². The number of carbonyl (C=O) groups is 1. The number of rotatable bonds is 8. The highest BCUT2D eigenvalue weighted by atomic mass is 32.2. The van der Waals surface area contributed by atoms with Gasteiger partial charge in [0.1, 0.15) is 5.84 Å². The monoisotopic (exact) mass is 436 g/mol. The molecule has 7 nitrogen and oxygen atoms in total. The summed E-state index contributed by atoms with van der Waals surface area (Å²) in [7, 11) is -3.72. The van der Waals surface area contributed by atoms with Crippen LogP contribution in [0.2, 0.25) is 0 Å². The van der Waals surface area contributed by atoms with Crippen molar-refractivity contribution in [3.63, 3.8) is 0 Å². The zero-order valence-corrected chi connectivity index (χ0v) is 17.7. The molecule has 0 fully saturated rings. The van der Waals surface area contributed by atoms with E-state index in [-0.39, 0.29) is 16.6 Å². The topological polar surface area (TPSA) is 139 Å². The summed E-state index contributed by atoms with van der Waals surface area (Å²) in [6, 6.07) is 21.3. The minimum Gasteiger partial charge on any atom is -0.384 e. The summed E-state index contributed by atoms with van der Waals surface area (Å²) in [4.78, 5) is 12.3.